The summed E-state index contributed by atoms with van der Waals surface area (Å²) in [5.41, 5.74) is 0.0895. The molecule has 7 heteroatoms. The fraction of sp³-hybridized carbons (Fsp3) is 0.647. The van der Waals surface area contributed by atoms with Crippen LogP contribution in [0.1, 0.15) is 19.3 Å². The Hall–Kier alpha value is -1.31. The molecule has 1 unspecified atom stereocenters. The minimum absolute atomic E-state index is 0.0895. The summed E-state index contributed by atoms with van der Waals surface area (Å²) in [7, 11) is 1.52. The van der Waals surface area contributed by atoms with Crippen LogP contribution in [-0.2, 0) is 10.0 Å². The zero-order valence-electron chi connectivity index (χ0n) is 14.6. The third-order valence-corrected chi connectivity index (χ3v) is 7.11. The molecule has 2 aliphatic rings. The molecule has 0 saturated carbocycles. The van der Waals surface area contributed by atoms with Crippen molar-refractivity contribution in [1.82, 2.24) is 9.21 Å². The van der Waals surface area contributed by atoms with Gasteiger partial charge >= 0.3 is 0 Å². The summed E-state index contributed by atoms with van der Waals surface area (Å²) >= 11 is 0. The van der Waals surface area contributed by atoms with E-state index in [-0.39, 0.29) is 10.3 Å². The van der Waals surface area contributed by atoms with Gasteiger partial charge in [-0.1, -0.05) is 0 Å². The van der Waals surface area contributed by atoms with Crippen LogP contribution < -0.4 is 9.47 Å². The van der Waals surface area contributed by atoms with Crippen molar-refractivity contribution in [2.75, 3.05) is 47.4 Å². The molecule has 1 atom stereocenters. The maximum absolute atomic E-state index is 13.2. The molecule has 3 rings (SSSR count). The maximum atomic E-state index is 13.2. The van der Waals surface area contributed by atoms with Gasteiger partial charge in [-0.25, -0.2) is 8.42 Å². The van der Waals surface area contributed by atoms with Crippen molar-refractivity contribution in [2.45, 2.75) is 24.2 Å². The number of nitrogens with zero attached hydrogens (tertiary/aromatic N) is 2. The Bertz CT molecular complexity index is 703. The SMILES string of the molecule is COc1ccc(OC)c(S(=O)(=O)N2CCCC3(CCN(C)C3)C2)c1. The largest absolute Gasteiger partial charge is 0.497 e. The number of rotatable bonds is 4. The highest BCUT2D eigenvalue weighted by atomic mass is 32.2. The molecule has 0 aromatic heterocycles. The number of piperidine rings is 1. The van der Waals surface area contributed by atoms with Crippen LogP contribution in [0.4, 0.5) is 0 Å². The van der Waals surface area contributed by atoms with Gasteiger partial charge in [0.15, 0.2) is 0 Å². The van der Waals surface area contributed by atoms with Gasteiger partial charge in [0.05, 0.1) is 14.2 Å². The second-order valence-corrected chi connectivity index (χ2v) is 8.85. The van der Waals surface area contributed by atoms with Crippen LogP contribution in [0.5, 0.6) is 11.5 Å². The van der Waals surface area contributed by atoms with Crippen molar-refractivity contribution in [2.24, 2.45) is 5.41 Å². The third-order valence-electron chi connectivity index (χ3n) is 5.24. The number of benzene rings is 1. The summed E-state index contributed by atoms with van der Waals surface area (Å²) in [5, 5.41) is 0. The minimum atomic E-state index is -3.61. The first kappa shape index (κ1) is 17.5. The zero-order valence-corrected chi connectivity index (χ0v) is 15.4. The molecule has 0 N–H and O–H groups in total. The quantitative estimate of drug-likeness (QED) is 0.825. The predicted molar refractivity (Wildman–Crippen MR) is 92.1 cm³/mol. The first-order valence-corrected chi connectivity index (χ1v) is 9.75. The summed E-state index contributed by atoms with van der Waals surface area (Å²) < 4.78 is 38.6. The van der Waals surface area contributed by atoms with Gasteiger partial charge in [0.1, 0.15) is 16.4 Å². The van der Waals surface area contributed by atoms with E-state index in [0.29, 0.717) is 24.6 Å². The highest BCUT2D eigenvalue weighted by Crippen LogP contribution is 2.41. The molecule has 1 aromatic carbocycles. The molecule has 1 aromatic rings. The van der Waals surface area contributed by atoms with E-state index in [1.165, 1.54) is 14.2 Å². The lowest BCUT2D eigenvalue weighted by atomic mass is 9.80. The summed E-state index contributed by atoms with van der Waals surface area (Å²) in [4.78, 5) is 2.48. The molecule has 0 bridgehead atoms. The standard InChI is InChI=1S/C17H26N2O4S/c1-18-10-8-17(12-18)7-4-9-19(13-17)24(20,21)16-11-14(22-2)5-6-15(16)23-3/h5-6,11H,4,7-10,12-13H2,1-3H3. The molecule has 2 saturated heterocycles. The van der Waals surface area contributed by atoms with Crippen molar-refractivity contribution < 1.29 is 17.9 Å². The smallest absolute Gasteiger partial charge is 0.246 e. The van der Waals surface area contributed by atoms with Gasteiger partial charge in [0, 0.05) is 25.7 Å². The van der Waals surface area contributed by atoms with Crippen LogP contribution in [0.3, 0.4) is 0 Å². The van der Waals surface area contributed by atoms with E-state index in [1.54, 1.807) is 22.5 Å². The van der Waals surface area contributed by atoms with Crippen molar-refractivity contribution in [3.63, 3.8) is 0 Å². The summed E-state index contributed by atoms with van der Waals surface area (Å²) in [5.74, 6) is 0.876. The molecule has 0 amide bonds. The number of likely N-dealkylation sites (tertiary alicyclic amines) is 1. The number of sulfonamides is 1. The average Bonchev–Trinajstić information content (AvgIpc) is 2.94. The summed E-state index contributed by atoms with van der Waals surface area (Å²) in [6, 6.07) is 4.91. The first-order chi connectivity index (χ1) is 11.4. The summed E-state index contributed by atoms with van der Waals surface area (Å²) in [6.45, 7) is 3.15. The Kier molecular flexibility index (Phi) is 4.77. The molecule has 2 heterocycles. The van der Waals surface area contributed by atoms with Crippen molar-refractivity contribution in [3.8, 4) is 11.5 Å². The average molecular weight is 354 g/mol. The molecule has 0 aliphatic carbocycles. The van der Waals surface area contributed by atoms with E-state index in [2.05, 4.69) is 11.9 Å². The Balaban J connectivity index is 1.93. The second-order valence-electron chi connectivity index (χ2n) is 6.95. The lowest BCUT2D eigenvalue weighted by molar-refractivity contribution is 0.153. The number of ether oxygens (including phenoxy) is 2. The van der Waals surface area contributed by atoms with Gasteiger partial charge in [-0.15, -0.1) is 0 Å². The number of methoxy groups -OCH3 is 2. The van der Waals surface area contributed by atoms with Crippen molar-refractivity contribution in [3.05, 3.63) is 18.2 Å². The van der Waals surface area contributed by atoms with Gasteiger partial charge < -0.3 is 14.4 Å². The van der Waals surface area contributed by atoms with Crippen molar-refractivity contribution >= 4 is 10.0 Å². The van der Waals surface area contributed by atoms with E-state index >= 15 is 0 Å². The van der Waals surface area contributed by atoms with E-state index in [4.69, 9.17) is 9.47 Å². The lowest BCUT2D eigenvalue weighted by Crippen LogP contribution is -2.47. The minimum Gasteiger partial charge on any atom is -0.497 e. The molecule has 6 nitrogen and oxygen atoms in total. The molecule has 2 fully saturated rings. The van der Waals surface area contributed by atoms with Crippen LogP contribution in [0.15, 0.2) is 23.1 Å². The number of hydrogen-bond acceptors (Lipinski definition) is 5. The van der Waals surface area contributed by atoms with Gasteiger partial charge in [-0.05, 0) is 50.4 Å². The van der Waals surface area contributed by atoms with E-state index in [0.717, 1.165) is 32.4 Å². The fourth-order valence-corrected chi connectivity index (χ4v) is 5.75. The molecule has 1 spiro atoms. The number of hydrogen-bond donors (Lipinski definition) is 0. The first-order valence-electron chi connectivity index (χ1n) is 8.31. The Morgan fingerprint density at radius 2 is 1.88 bits per heavy atom. The van der Waals surface area contributed by atoms with Crippen LogP contribution in [0, 0.1) is 5.41 Å². The molecule has 2 aliphatic heterocycles. The van der Waals surface area contributed by atoms with Crippen molar-refractivity contribution in [1.29, 1.82) is 0 Å². The molecular formula is C17H26N2O4S. The van der Waals surface area contributed by atoms with Gasteiger partial charge in [-0.2, -0.15) is 4.31 Å². The highest BCUT2D eigenvalue weighted by Gasteiger charge is 2.44. The third kappa shape index (κ3) is 3.12. The Morgan fingerprint density at radius 3 is 2.50 bits per heavy atom. The molecular weight excluding hydrogens is 328 g/mol. The van der Waals surface area contributed by atoms with Crippen LogP contribution >= 0.6 is 0 Å². The maximum Gasteiger partial charge on any atom is 0.246 e. The highest BCUT2D eigenvalue weighted by molar-refractivity contribution is 7.89. The van der Waals surface area contributed by atoms with E-state index < -0.39 is 10.0 Å². The topological polar surface area (TPSA) is 59.1 Å². The van der Waals surface area contributed by atoms with Crippen LogP contribution in [-0.4, -0.2) is 65.1 Å². The van der Waals surface area contributed by atoms with Gasteiger partial charge in [0.25, 0.3) is 0 Å². The van der Waals surface area contributed by atoms with Gasteiger partial charge in [0.2, 0.25) is 10.0 Å². The normalized spacial score (nSPS) is 26.0. The van der Waals surface area contributed by atoms with Crippen LogP contribution in [0.2, 0.25) is 0 Å². The molecule has 0 radical (unpaired) electrons. The predicted octanol–water partition coefficient (Wildman–Crippen LogP) is 1.81. The van der Waals surface area contributed by atoms with Crippen LogP contribution in [0.25, 0.3) is 0 Å². The Labute approximate surface area is 144 Å². The monoisotopic (exact) mass is 354 g/mol. The second kappa shape index (κ2) is 6.54. The van der Waals surface area contributed by atoms with E-state index in [9.17, 15) is 8.42 Å². The fourth-order valence-electron chi connectivity index (χ4n) is 3.98. The molecule has 24 heavy (non-hydrogen) atoms. The molecule has 134 valence electrons. The Morgan fingerprint density at radius 1 is 1.08 bits per heavy atom. The van der Waals surface area contributed by atoms with Gasteiger partial charge in [-0.3, -0.25) is 0 Å². The lowest BCUT2D eigenvalue weighted by Gasteiger charge is -2.39. The zero-order chi connectivity index (χ0) is 17.4. The van der Waals surface area contributed by atoms with E-state index in [1.807, 2.05) is 0 Å². The summed E-state index contributed by atoms with van der Waals surface area (Å²) in [6.07, 6.45) is 3.06.